The molecule has 0 bridgehead atoms. The van der Waals surface area contributed by atoms with E-state index in [0.717, 1.165) is 23.4 Å². The summed E-state index contributed by atoms with van der Waals surface area (Å²) >= 11 is 2.86. The highest BCUT2D eigenvalue weighted by atomic mass is 32.2. The van der Waals surface area contributed by atoms with Gasteiger partial charge < -0.3 is 4.42 Å². The Morgan fingerprint density at radius 1 is 1.23 bits per heavy atom. The molecule has 0 aliphatic heterocycles. The van der Waals surface area contributed by atoms with E-state index in [0.29, 0.717) is 33.4 Å². The molecule has 26 heavy (non-hydrogen) atoms. The Morgan fingerprint density at radius 3 is 2.88 bits per heavy atom. The summed E-state index contributed by atoms with van der Waals surface area (Å²) in [6.07, 6.45) is 2.30. The molecular weight excluding hydrogens is 370 g/mol. The molecule has 7 nitrogen and oxygen atoms in total. The molecule has 0 saturated heterocycles. The van der Waals surface area contributed by atoms with Crippen LogP contribution in [0.4, 0.5) is 0 Å². The molecule has 1 aliphatic carbocycles. The molecule has 0 N–H and O–H groups in total. The maximum absolute atomic E-state index is 12.3. The fourth-order valence-corrected chi connectivity index (χ4v) is 4.29. The van der Waals surface area contributed by atoms with E-state index in [1.165, 1.54) is 33.7 Å². The molecule has 1 saturated carbocycles. The first-order valence-electron chi connectivity index (χ1n) is 8.18. The summed E-state index contributed by atoms with van der Waals surface area (Å²) in [5.41, 5.74) is 1.41. The molecule has 9 heteroatoms. The van der Waals surface area contributed by atoms with E-state index < -0.39 is 0 Å². The van der Waals surface area contributed by atoms with Crippen LogP contribution in [0, 0.1) is 0 Å². The van der Waals surface area contributed by atoms with Gasteiger partial charge in [-0.15, -0.1) is 10.2 Å². The quantitative estimate of drug-likeness (QED) is 0.488. The average Bonchev–Trinajstić information content (AvgIpc) is 3.24. The standard InChI is InChI=1S/C17H13N5O2S2/c23-13-8-12(18-16-22(13)21-15(26-16)11-6-7-11)9-25-17-20-19-14(24-17)10-4-2-1-3-5-10/h1-5,8,11H,6-7,9H2. The zero-order chi connectivity index (χ0) is 17.5. The van der Waals surface area contributed by atoms with Gasteiger partial charge in [0.05, 0.1) is 5.69 Å². The predicted octanol–water partition coefficient (Wildman–Crippen LogP) is 3.37. The van der Waals surface area contributed by atoms with Crippen LogP contribution in [0.3, 0.4) is 0 Å². The van der Waals surface area contributed by atoms with Crippen LogP contribution in [0.25, 0.3) is 16.4 Å². The first kappa shape index (κ1) is 15.7. The van der Waals surface area contributed by atoms with E-state index in [2.05, 4.69) is 20.3 Å². The smallest absolute Gasteiger partial charge is 0.277 e. The molecule has 1 aromatic carbocycles. The van der Waals surface area contributed by atoms with Gasteiger partial charge in [0.15, 0.2) is 0 Å². The normalized spacial score (nSPS) is 14.2. The molecule has 0 amide bonds. The SMILES string of the molecule is O=c1cc(CSc2nnc(-c3ccccc3)o2)nc2sc(C3CC3)nn12. The molecule has 0 unspecified atom stereocenters. The van der Waals surface area contributed by atoms with Gasteiger partial charge in [-0.05, 0) is 25.0 Å². The Labute approximate surface area is 156 Å². The van der Waals surface area contributed by atoms with E-state index in [-0.39, 0.29) is 5.56 Å². The van der Waals surface area contributed by atoms with Crippen LogP contribution in [0.1, 0.15) is 29.5 Å². The predicted molar refractivity (Wildman–Crippen MR) is 98.4 cm³/mol. The summed E-state index contributed by atoms with van der Waals surface area (Å²) in [6, 6.07) is 11.1. The second-order valence-corrected chi connectivity index (χ2v) is 7.94. The lowest BCUT2D eigenvalue weighted by Crippen LogP contribution is -2.15. The van der Waals surface area contributed by atoms with E-state index in [1.54, 1.807) is 0 Å². The van der Waals surface area contributed by atoms with E-state index in [9.17, 15) is 4.79 Å². The van der Waals surface area contributed by atoms with E-state index >= 15 is 0 Å². The van der Waals surface area contributed by atoms with E-state index in [1.807, 2.05) is 30.3 Å². The number of fused-ring (bicyclic) bond motifs is 1. The summed E-state index contributed by atoms with van der Waals surface area (Å²) in [7, 11) is 0. The highest BCUT2D eigenvalue weighted by Crippen LogP contribution is 2.41. The molecule has 0 radical (unpaired) electrons. The van der Waals surface area contributed by atoms with Gasteiger partial charge in [0.1, 0.15) is 5.01 Å². The second kappa shape index (κ2) is 6.33. The van der Waals surface area contributed by atoms with Gasteiger partial charge in [-0.3, -0.25) is 4.79 Å². The van der Waals surface area contributed by atoms with Crippen molar-refractivity contribution >= 4 is 28.1 Å². The number of thioether (sulfide) groups is 1. The monoisotopic (exact) mass is 383 g/mol. The lowest BCUT2D eigenvalue weighted by molar-refractivity contribution is 0.466. The Balaban J connectivity index is 1.35. The van der Waals surface area contributed by atoms with Crippen LogP contribution < -0.4 is 5.56 Å². The molecule has 4 aromatic rings. The lowest BCUT2D eigenvalue weighted by Gasteiger charge is -1.97. The Morgan fingerprint density at radius 2 is 2.08 bits per heavy atom. The highest BCUT2D eigenvalue weighted by molar-refractivity contribution is 7.98. The van der Waals surface area contributed by atoms with Crippen LogP contribution in [0.2, 0.25) is 0 Å². The Bertz CT molecular complexity index is 1130. The van der Waals surface area contributed by atoms with Gasteiger partial charge in [0.25, 0.3) is 10.8 Å². The van der Waals surface area contributed by atoms with Crippen molar-refractivity contribution in [1.29, 1.82) is 0 Å². The average molecular weight is 383 g/mol. The summed E-state index contributed by atoms with van der Waals surface area (Å²) in [5, 5.41) is 14.0. The van der Waals surface area contributed by atoms with Gasteiger partial charge in [0.2, 0.25) is 10.9 Å². The van der Waals surface area contributed by atoms with Crippen LogP contribution in [0.5, 0.6) is 0 Å². The summed E-state index contributed by atoms with van der Waals surface area (Å²) in [5.74, 6) is 1.47. The number of hydrogen-bond acceptors (Lipinski definition) is 8. The fourth-order valence-electron chi connectivity index (χ4n) is 2.54. The zero-order valence-electron chi connectivity index (χ0n) is 13.5. The maximum atomic E-state index is 12.3. The minimum absolute atomic E-state index is 0.149. The third-order valence-electron chi connectivity index (χ3n) is 4.01. The highest BCUT2D eigenvalue weighted by Gasteiger charge is 2.28. The first-order valence-corrected chi connectivity index (χ1v) is 9.98. The molecular formula is C17H13N5O2S2. The molecule has 5 rings (SSSR count). The summed E-state index contributed by atoms with van der Waals surface area (Å²) in [6.45, 7) is 0. The van der Waals surface area contributed by atoms with Crippen molar-refractivity contribution in [3.8, 4) is 11.5 Å². The minimum Gasteiger partial charge on any atom is -0.411 e. The Kier molecular flexibility index (Phi) is 3.83. The van der Waals surface area contributed by atoms with Crippen LogP contribution in [-0.2, 0) is 5.75 Å². The summed E-state index contributed by atoms with van der Waals surface area (Å²) in [4.78, 5) is 17.5. The lowest BCUT2D eigenvalue weighted by atomic mass is 10.2. The minimum atomic E-state index is -0.149. The van der Waals surface area contributed by atoms with Gasteiger partial charge in [-0.1, -0.05) is 41.3 Å². The number of benzene rings is 1. The van der Waals surface area contributed by atoms with Crippen LogP contribution in [0.15, 0.2) is 50.8 Å². The van der Waals surface area contributed by atoms with Crippen LogP contribution >= 0.6 is 23.1 Å². The largest absolute Gasteiger partial charge is 0.411 e. The molecule has 1 fully saturated rings. The summed E-state index contributed by atoms with van der Waals surface area (Å²) < 4.78 is 7.07. The fraction of sp³-hybridized carbons (Fsp3) is 0.235. The number of rotatable bonds is 5. The van der Waals surface area contributed by atoms with Gasteiger partial charge in [0, 0.05) is 23.3 Å². The van der Waals surface area contributed by atoms with Crippen molar-refractivity contribution < 1.29 is 4.42 Å². The molecule has 3 aromatic heterocycles. The van der Waals surface area contributed by atoms with Crippen molar-refractivity contribution in [2.75, 3.05) is 0 Å². The van der Waals surface area contributed by atoms with Crippen molar-refractivity contribution in [3.63, 3.8) is 0 Å². The molecule has 0 spiro atoms. The zero-order valence-corrected chi connectivity index (χ0v) is 15.2. The molecule has 130 valence electrons. The number of hydrogen-bond donors (Lipinski definition) is 0. The molecule has 3 heterocycles. The first-order chi connectivity index (χ1) is 12.8. The van der Waals surface area contributed by atoms with E-state index in [4.69, 9.17) is 4.42 Å². The third-order valence-corrected chi connectivity index (χ3v) is 5.93. The van der Waals surface area contributed by atoms with Crippen molar-refractivity contribution in [2.24, 2.45) is 0 Å². The van der Waals surface area contributed by atoms with Crippen LogP contribution in [-0.4, -0.2) is 24.8 Å². The third kappa shape index (κ3) is 3.04. The number of nitrogens with zero attached hydrogens (tertiary/aromatic N) is 5. The van der Waals surface area contributed by atoms with Gasteiger partial charge in [-0.25, -0.2) is 4.98 Å². The Hall–Kier alpha value is -2.52. The second-order valence-electron chi connectivity index (χ2n) is 6.02. The van der Waals surface area contributed by atoms with Crippen molar-refractivity contribution in [3.05, 3.63) is 57.5 Å². The number of aromatic nitrogens is 5. The molecule has 0 atom stereocenters. The maximum Gasteiger partial charge on any atom is 0.277 e. The van der Waals surface area contributed by atoms with Gasteiger partial charge >= 0.3 is 0 Å². The van der Waals surface area contributed by atoms with Crippen molar-refractivity contribution in [1.82, 2.24) is 24.8 Å². The van der Waals surface area contributed by atoms with Gasteiger partial charge in [-0.2, -0.15) is 9.61 Å². The molecule has 1 aliphatic rings. The van der Waals surface area contributed by atoms with Crippen molar-refractivity contribution in [2.45, 2.75) is 29.7 Å². The topological polar surface area (TPSA) is 86.2 Å².